The van der Waals surface area contributed by atoms with Gasteiger partial charge in [0.15, 0.2) is 0 Å². The molecule has 2 N–H and O–H groups in total. The SMILES string of the molecule is O=c1[nH]n(C(c2ccsc2)c2cccc(-c3cn[nH]c3)c2)c([O-])c1Sc1ccccc1Cl. The normalized spacial score (nSPS) is 12.2. The molecule has 5 aromatic rings. The summed E-state index contributed by atoms with van der Waals surface area (Å²) in [5, 5.41) is 27.4. The Kier molecular flexibility index (Phi) is 5.65. The fourth-order valence-electron chi connectivity index (χ4n) is 3.54. The summed E-state index contributed by atoms with van der Waals surface area (Å²) in [6, 6.07) is 16.5. The van der Waals surface area contributed by atoms with E-state index >= 15 is 0 Å². The van der Waals surface area contributed by atoms with Gasteiger partial charge in [0.05, 0.1) is 22.2 Å². The third-order valence-electron chi connectivity index (χ3n) is 5.04. The highest BCUT2D eigenvalue weighted by atomic mass is 35.5. The van der Waals surface area contributed by atoms with Gasteiger partial charge in [0.25, 0.3) is 5.56 Å². The van der Waals surface area contributed by atoms with Crippen LogP contribution in [-0.2, 0) is 0 Å². The van der Waals surface area contributed by atoms with Crippen molar-refractivity contribution in [1.82, 2.24) is 20.0 Å². The number of nitrogens with one attached hydrogen (secondary N) is 2. The summed E-state index contributed by atoms with van der Waals surface area (Å²) in [6.07, 6.45) is 3.56. The molecule has 9 heteroatoms. The lowest BCUT2D eigenvalue weighted by Gasteiger charge is -2.24. The Balaban J connectivity index is 1.61. The molecule has 0 saturated heterocycles. The lowest BCUT2D eigenvalue weighted by atomic mass is 9.97. The van der Waals surface area contributed by atoms with E-state index in [0.717, 1.165) is 34.0 Å². The number of rotatable bonds is 6. The topological polar surface area (TPSA) is 89.5 Å². The zero-order valence-electron chi connectivity index (χ0n) is 16.5. The van der Waals surface area contributed by atoms with Crippen LogP contribution in [-0.4, -0.2) is 20.0 Å². The molecule has 3 aromatic heterocycles. The molecule has 6 nitrogen and oxygen atoms in total. The first kappa shape index (κ1) is 20.7. The molecular formula is C23H16ClN4O2S2-. The lowest BCUT2D eigenvalue weighted by molar-refractivity contribution is -0.284. The summed E-state index contributed by atoms with van der Waals surface area (Å²) < 4.78 is 1.40. The van der Waals surface area contributed by atoms with Gasteiger partial charge in [-0.2, -0.15) is 16.4 Å². The number of nitrogens with zero attached hydrogens (tertiary/aromatic N) is 2. The Morgan fingerprint density at radius 1 is 1.09 bits per heavy atom. The molecule has 0 aliphatic carbocycles. The van der Waals surface area contributed by atoms with E-state index in [9.17, 15) is 9.90 Å². The van der Waals surface area contributed by atoms with Crippen molar-refractivity contribution < 1.29 is 5.11 Å². The third-order valence-corrected chi connectivity index (χ3v) is 7.32. The Hall–Kier alpha value is -3.20. The van der Waals surface area contributed by atoms with E-state index in [1.807, 2.05) is 53.4 Å². The molecule has 0 bridgehead atoms. The molecule has 3 heterocycles. The highest BCUT2D eigenvalue weighted by Crippen LogP contribution is 2.38. The minimum absolute atomic E-state index is 0.0873. The van der Waals surface area contributed by atoms with E-state index in [1.54, 1.807) is 24.4 Å². The first-order valence-corrected chi connectivity index (χ1v) is 11.8. The van der Waals surface area contributed by atoms with Crippen LogP contribution < -0.4 is 10.7 Å². The van der Waals surface area contributed by atoms with E-state index in [2.05, 4.69) is 15.3 Å². The molecule has 0 radical (unpaired) electrons. The second-order valence-electron chi connectivity index (χ2n) is 7.05. The minimum atomic E-state index is -0.478. The van der Waals surface area contributed by atoms with Gasteiger partial charge in [-0.05, 0) is 51.7 Å². The number of halogens is 1. The molecule has 0 fully saturated rings. The molecule has 0 saturated carbocycles. The van der Waals surface area contributed by atoms with E-state index in [0.29, 0.717) is 9.92 Å². The van der Waals surface area contributed by atoms with Gasteiger partial charge in [0, 0.05) is 22.5 Å². The number of thiophene rings is 1. The minimum Gasteiger partial charge on any atom is -0.858 e. The van der Waals surface area contributed by atoms with Crippen molar-refractivity contribution in [3.63, 3.8) is 0 Å². The van der Waals surface area contributed by atoms with Crippen molar-refractivity contribution >= 4 is 34.7 Å². The van der Waals surface area contributed by atoms with Crippen LogP contribution >= 0.6 is 34.7 Å². The maximum atomic E-state index is 13.4. The molecule has 1 unspecified atom stereocenters. The first-order valence-electron chi connectivity index (χ1n) is 9.67. The maximum absolute atomic E-state index is 13.4. The number of benzene rings is 2. The van der Waals surface area contributed by atoms with Crippen molar-refractivity contribution in [1.29, 1.82) is 0 Å². The quantitative estimate of drug-likeness (QED) is 0.352. The number of hydrogen-bond donors (Lipinski definition) is 2. The molecule has 1 atom stereocenters. The van der Waals surface area contributed by atoms with Crippen molar-refractivity contribution in [2.75, 3.05) is 0 Å². The fraction of sp³-hybridized carbons (Fsp3) is 0.0435. The van der Waals surface area contributed by atoms with Crippen LogP contribution in [0.1, 0.15) is 17.2 Å². The molecular weight excluding hydrogens is 464 g/mol. The lowest BCUT2D eigenvalue weighted by Crippen LogP contribution is -2.17. The van der Waals surface area contributed by atoms with E-state index in [-0.39, 0.29) is 10.8 Å². The van der Waals surface area contributed by atoms with E-state index < -0.39 is 11.6 Å². The smallest absolute Gasteiger partial charge is 0.277 e. The van der Waals surface area contributed by atoms with Gasteiger partial charge in [0.1, 0.15) is 0 Å². The van der Waals surface area contributed by atoms with Gasteiger partial charge < -0.3 is 5.11 Å². The van der Waals surface area contributed by atoms with Crippen molar-refractivity contribution in [3.05, 3.63) is 104 Å². The van der Waals surface area contributed by atoms with Crippen LogP contribution in [0.25, 0.3) is 11.1 Å². The van der Waals surface area contributed by atoms with Crippen LogP contribution in [0.3, 0.4) is 0 Å². The van der Waals surface area contributed by atoms with Crippen molar-refractivity contribution in [3.8, 4) is 17.0 Å². The highest BCUT2D eigenvalue weighted by Gasteiger charge is 2.22. The molecule has 32 heavy (non-hydrogen) atoms. The zero-order valence-corrected chi connectivity index (χ0v) is 18.9. The number of aromatic amines is 2. The summed E-state index contributed by atoms with van der Waals surface area (Å²) in [6.45, 7) is 0. The predicted molar refractivity (Wildman–Crippen MR) is 126 cm³/mol. The van der Waals surface area contributed by atoms with Crippen molar-refractivity contribution in [2.24, 2.45) is 0 Å². The summed E-state index contributed by atoms with van der Waals surface area (Å²) in [5.74, 6) is -0.384. The van der Waals surface area contributed by atoms with Crippen LogP contribution in [0.15, 0.2) is 92.3 Å². The Morgan fingerprint density at radius 3 is 2.72 bits per heavy atom. The standard InChI is InChI=1S/C23H17ClN4O2S2/c24-18-6-1-2-7-19(18)32-21-22(29)27-28(23(21)30)20(16-8-9-31-13-16)15-5-3-4-14(10-15)17-11-25-26-12-17/h1-13,20,30H,(H,25,26)(H,27,29)/p-1. The summed E-state index contributed by atoms with van der Waals surface area (Å²) >= 11 is 8.86. The molecule has 2 aromatic carbocycles. The third kappa shape index (κ3) is 3.88. The van der Waals surface area contributed by atoms with Crippen LogP contribution in [0, 0.1) is 0 Å². The Morgan fingerprint density at radius 2 is 1.97 bits per heavy atom. The van der Waals surface area contributed by atoms with Gasteiger partial charge in [-0.25, -0.2) is 0 Å². The fourth-order valence-corrected chi connectivity index (χ4v) is 5.33. The number of H-pyrrole nitrogens is 2. The second kappa shape index (κ2) is 8.74. The van der Waals surface area contributed by atoms with Gasteiger partial charge in [-0.15, -0.1) is 0 Å². The molecule has 160 valence electrons. The monoisotopic (exact) mass is 479 g/mol. The van der Waals surface area contributed by atoms with Crippen molar-refractivity contribution in [2.45, 2.75) is 15.8 Å². The van der Waals surface area contributed by atoms with Crippen LogP contribution in [0.5, 0.6) is 5.88 Å². The second-order valence-corrected chi connectivity index (χ2v) is 9.29. The molecule has 0 aliphatic rings. The van der Waals surface area contributed by atoms with E-state index in [1.165, 1.54) is 16.0 Å². The summed E-state index contributed by atoms with van der Waals surface area (Å²) in [7, 11) is 0. The summed E-state index contributed by atoms with van der Waals surface area (Å²) in [5.41, 5.74) is 3.25. The highest BCUT2D eigenvalue weighted by molar-refractivity contribution is 7.99. The molecule has 0 spiro atoms. The first-order chi connectivity index (χ1) is 15.6. The van der Waals surface area contributed by atoms with Crippen LogP contribution in [0.4, 0.5) is 0 Å². The largest absolute Gasteiger partial charge is 0.858 e. The van der Waals surface area contributed by atoms with Gasteiger partial charge in [-0.3, -0.25) is 19.7 Å². The number of hydrogen-bond acceptors (Lipinski definition) is 5. The average molecular weight is 480 g/mol. The summed E-state index contributed by atoms with van der Waals surface area (Å²) in [4.78, 5) is 13.5. The average Bonchev–Trinajstić information content (AvgIpc) is 3.56. The maximum Gasteiger partial charge on any atom is 0.277 e. The molecule has 0 aliphatic heterocycles. The molecule has 0 amide bonds. The van der Waals surface area contributed by atoms with Gasteiger partial charge >= 0.3 is 0 Å². The number of aromatic nitrogens is 4. The zero-order chi connectivity index (χ0) is 22.1. The van der Waals surface area contributed by atoms with E-state index in [4.69, 9.17) is 11.6 Å². The van der Waals surface area contributed by atoms with Gasteiger partial charge in [0.2, 0.25) is 0 Å². The Bertz CT molecular complexity index is 1410. The predicted octanol–water partition coefficient (Wildman–Crippen LogP) is 5.14. The Labute approximate surface area is 196 Å². The van der Waals surface area contributed by atoms with Gasteiger partial charge in [-0.1, -0.05) is 53.7 Å². The van der Waals surface area contributed by atoms with Crippen LogP contribution in [0.2, 0.25) is 5.02 Å². The molecule has 5 rings (SSSR count).